The van der Waals surface area contributed by atoms with Gasteiger partial charge < -0.3 is 14.9 Å². The Morgan fingerprint density at radius 3 is 2.82 bits per heavy atom. The summed E-state index contributed by atoms with van der Waals surface area (Å²) in [5, 5.41) is 10.8. The molecule has 2 amide bonds. The number of aliphatic hydroxyl groups is 1. The molecule has 1 atom stereocenters. The molecule has 1 aromatic carbocycles. The molecule has 2 aliphatic rings. The molecule has 0 bridgehead atoms. The van der Waals surface area contributed by atoms with E-state index >= 15 is 0 Å². The molecule has 154 valence electrons. The summed E-state index contributed by atoms with van der Waals surface area (Å²) >= 11 is 6.11. The number of carbonyl (C=O) groups is 2. The van der Waals surface area contributed by atoms with Crippen LogP contribution in [-0.4, -0.2) is 59.5 Å². The number of amides is 2. The molecule has 2 fully saturated rings. The van der Waals surface area contributed by atoms with Crippen molar-refractivity contribution in [3.8, 4) is 0 Å². The smallest absolute Gasteiger partial charge is 0.222 e. The first-order valence-electron chi connectivity index (χ1n) is 10.4. The molecule has 0 aliphatic carbocycles. The average molecular weight is 407 g/mol. The number of halogens is 1. The van der Waals surface area contributed by atoms with E-state index in [-0.39, 0.29) is 23.8 Å². The summed E-state index contributed by atoms with van der Waals surface area (Å²) in [5.74, 6) is 0.352. The summed E-state index contributed by atoms with van der Waals surface area (Å²) in [5.41, 5.74) is 0.793. The van der Waals surface area contributed by atoms with E-state index in [1.54, 1.807) is 0 Å². The Hall–Kier alpha value is -1.59. The molecule has 0 saturated carbocycles. The molecular weight excluding hydrogens is 376 g/mol. The first kappa shape index (κ1) is 21.1. The quantitative estimate of drug-likeness (QED) is 0.755. The molecule has 1 aromatic rings. The van der Waals surface area contributed by atoms with Crippen molar-refractivity contribution in [1.29, 1.82) is 0 Å². The predicted molar refractivity (Wildman–Crippen MR) is 110 cm³/mol. The Kier molecular flexibility index (Phi) is 7.36. The topological polar surface area (TPSA) is 60.9 Å². The van der Waals surface area contributed by atoms with Gasteiger partial charge in [-0.2, -0.15) is 0 Å². The minimum Gasteiger partial charge on any atom is -0.396 e. The van der Waals surface area contributed by atoms with Gasteiger partial charge in [-0.3, -0.25) is 9.59 Å². The van der Waals surface area contributed by atoms with Gasteiger partial charge in [0.25, 0.3) is 0 Å². The molecule has 0 spiro atoms. The highest BCUT2D eigenvalue weighted by atomic mass is 35.5. The van der Waals surface area contributed by atoms with Crippen molar-refractivity contribution in [2.24, 2.45) is 5.41 Å². The summed E-state index contributed by atoms with van der Waals surface area (Å²) < 4.78 is 0. The third kappa shape index (κ3) is 5.48. The zero-order valence-electron chi connectivity index (χ0n) is 16.5. The largest absolute Gasteiger partial charge is 0.396 e. The van der Waals surface area contributed by atoms with Crippen molar-refractivity contribution in [2.45, 2.75) is 51.4 Å². The van der Waals surface area contributed by atoms with Crippen molar-refractivity contribution in [3.05, 3.63) is 34.9 Å². The number of benzene rings is 1. The van der Waals surface area contributed by atoms with Gasteiger partial charge >= 0.3 is 0 Å². The van der Waals surface area contributed by atoms with E-state index in [1.807, 2.05) is 34.1 Å². The number of piperidine rings is 2. The van der Waals surface area contributed by atoms with E-state index < -0.39 is 0 Å². The SMILES string of the molecule is O=C1CCCCN1CCCC(=O)N1CCCC(CO)(Cc2cccc(Cl)c2)C1. The standard InChI is InChI=1S/C22H31ClN2O3/c23-19-7-3-6-18(14-19)15-22(17-26)10-5-13-25(16-22)21(28)9-4-12-24-11-2-1-8-20(24)27/h3,6-7,14,26H,1-2,4-5,8-13,15-17H2. The van der Waals surface area contributed by atoms with Crippen LogP contribution in [0.1, 0.15) is 50.5 Å². The highest BCUT2D eigenvalue weighted by Gasteiger charge is 2.36. The Morgan fingerprint density at radius 2 is 2.07 bits per heavy atom. The second kappa shape index (κ2) is 9.75. The number of rotatable bonds is 7. The molecule has 28 heavy (non-hydrogen) atoms. The van der Waals surface area contributed by atoms with Crippen LogP contribution in [0.25, 0.3) is 0 Å². The van der Waals surface area contributed by atoms with Gasteiger partial charge in [0, 0.05) is 49.5 Å². The van der Waals surface area contributed by atoms with Crippen LogP contribution in [-0.2, 0) is 16.0 Å². The predicted octanol–water partition coefficient (Wildman–Crippen LogP) is 3.28. The lowest BCUT2D eigenvalue weighted by atomic mass is 9.75. The Balaban J connectivity index is 1.53. The molecule has 3 rings (SSSR count). The maximum absolute atomic E-state index is 12.8. The summed E-state index contributed by atoms with van der Waals surface area (Å²) in [4.78, 5) is 28.4. The molecule has 1 N–H and O–H groups in total. The molecule has 1 unspecified atom stereocenters. The second-order valence-corrected chi connectivity index (χ2v) is 8.76. The monoisotopic (exact) mass is 406 g/mol. The minimum absolute atomic E-state index is 0.0611. The Bertz CT molecular complexity index is 696. The van der Waals surface area contributed by atoms with Crippen LogP contribution in [0.2, 0.25) is 5.02 Å². The maximum atomic E-state index is 12.8. The van der Waals surface area contributed by atoms with Crippen LogP contribution in [0.5, 0.6) is 0 Å². The van der Waals surface area contributed by atoms with E-state index in [9.17, 15) is 14.7 Å². The zero-order valence-corrected chi connectivity index (χ0v) is 17.3. The lowest BCUT2D eigenvalue weighted by molar-refractivity contribution is -0.137. The molecule has 2 aliphatic heterocycles. The lowest BCUT2D eigenvalue weighted by Gasteiger charge is -2.42. The third-order valence-corrected chi connectivity index (χ3v) is 6.29. The molecule has 0 radical (unpaired) electrons. The summed E-state index contributed by atoms with van der Waals surface area (Å²) in [6, 6.07) is 7.74. The van der Waals surface area contributed by atoms with Gasteiger partial charge in [0.1, 0.15) is 0 Å². The highest BCUT2D eigenvalue weighted by Crippen LogP contribution is 2.34. The van der Waals surface area contributed by atoms with E-state index in [0.717, 1.165) is 50.8 Å². The van der Waals surface area contributed by atoms with Gasteiger partial charge in [-0.25, -0.2) is 0 Å². The number of carbonyl (C=O) groups excluding carboxylic acids is 2. The minimum atomic E-state index is -0.304. The van der Waals surface area contributed by atoms with Crippen molar-refractivity contribution >= 4 is 23.4 Å². The Labute approximate surface area is 172 Å². The van der Waals surface area contributed by atoms with Gasteiger partial charge in [0.05, 0.1) is 6.61 Å². The summed E-state index contributed by atoms with van der Waals surface area (Å²) in [6.07, 6.45) is 6.38. The van der Waals surface area contributed by atoms with E-state index in [4.69, 9.17) is 11.6 Å². The normalized spacial score (nSPS) is 23.1. The van der Waals surface area contributed by atoms with Crippen LogP contribution in [0.3, 0.4) is 0 Å². The highest BCUT2D eigenvalue weighted by molar-refractivity contribution is 6.30. The number of likely N-dealkylation sites (tertiary alicyclic amines) is 2. The second-order valence-electron chi connectivity index (χ2n) is 8.33. The van der Waals surface area contributed by atoms with Crippen molar-refractivity contribution in [3.63, 3.8) is 0 Å². The maximum Gasteiger partial charge on any atom is 0.222 e. The van der Waals surface area contributed by atoms with Crippen LogP contribution in [0, 0.1) is 5.41 Å². The van der Waals surface area contributed by atoms with Crippen LogP contribution >= 0.6 is 11.6 Å². The Morgan fingerprint density at radius 1 is 1.21 bits per heavy atom. The van der Waals surface area contributed by atoms with Crippen molar-refractivity contribution < 1.29 is 14.7 Å². The van der Waals surface area contributed by atoms with Gasteiger partial charge in [-0.15, -0.1) is 0 Å². The summed E-state index contributed by atoms with van der Waals surface area (Å²) in [6.45, 7) is 2.89. The average Bonchev–Trinajstić information content (AvgIpc) is 2.69. The van der Waals surface area contributed by atoms with E-state index in [0.29, 0.717) is 37.4 Å². The molecule has 5 nitrogen and oxygen atoms in total. The van der Waals surface area contributed by atoms with Gasteiger partial charge in [0.15, 0.2) is 0 Å². The van der Waals surface area contributed by atoms with Crippen LogP contribution in [0.4, 0.5) is 0 Å². The number of hydrogen-bond donors (Lipinski definition) is 1. The number of nitrogens with zero attached hydrogens (tertiary/aromatic N) is 2. The first-order valence-corrected chi connectivity index (χ1v) is 10.8. The fourth-order valence-corrected chi connectivity index (χ4v) is 4.72. The fourth-order valence-electron chi connectivity index (χ4n) is 4.51. The van der Waals surface area contributed by atoms with E-state index in [1.165, 1.54) is 0 Å². The molecular formula is C22H31ClN2O3. The molecule has 2 saturated heterocycles. The van der Waals surface area contributed by atoms with Gasteiger partial charge in [-0.1, -0.05) is 23.7 Å². The van der Waals surface area contributed by atoms with Crippen LogP contribution in [0.15, 0.2) is 24.3 Å². The molecule has 2 heterocycles. The lowest BCUT2D eigenvalue weighted by Crippen LogP contribution is -2.49. The van der Waals surface area contributed by atoms with Crippen LogP contribution < -0.4 is 0 Å². The van der Waals surface area contributed by atoms with E-state index in [2.05, 4.69) is 0 Å². The fraction of sp³-hybridized carbons (Fsp3) is 0.636. The third-order valence-electron chi connectivity index (χ3n) is 6.06. The number of aliphatic hydroxyl groups excluding tert-OH is 1. The first-order chi connectivity index (χ1) is 13.5. The van der Waals surface area contributed by atoms with Crippen molar-refractivity contribution in [2.75, 3.05) is 32.8 Å². The molecule has 0 aromatic heterocycles. The van der Waals surface area contributed by atoms with Gasteiger partial charge in [0.2, 0.25) is 11.8 Å². The van der Waals surface area contributed by atoms with Gasteiger partial charge in [-0.05, 0) is 56.2 Å². The zero-order chi connectivity index (χ0) is 20.0. The summed E-state index contributed by atoms with van der Waals surface area (Å²) in [7, 11) is 0. The molecule has 6 heteroatoms. The number of hydrogen-bond acceptors (Lipinski definition) is 3. The van der Waals surface area contributed by atoms with Crippen molar-refractivity contribution in [1.82, 2.24) is 9.80 Å².